The van der Waals surface area contributed by atoms with Crippen LogP contribution >= 0.6 is 0 Å². The summed E-state index contributed by atoms with van der Waals surface area (Å²) < 4.78 is 18.1. The lowest BCUT2D eigenvalue weighted by atomic mass is 10.2. The predicted octanol–water partition coefficient (Wildman–Crippen LogP) is 1.15. The molecule has 3 N–H and O–H groups in total. The Kier molecular flexibility index (Phi) is 4.17. The monoisotopic (exact) mass is 239 g/mol. The number of halogens is 1. The van der Waals surface area contributed by atoms with Gasteiger partial charge in [0.2, 0.25) is 0 Å². The van der Waals surface area contributed by atoms with Gasteiger partial charge in [-0.25, -0.2) is 4.39 Å². The third-order valence-corrected chi connectivity index (χ3v) is 2.86. The Hall–Kier alpha value is -1.33. The zero-order chi connectivity index (χ0) is 12.1. The molecule has 0 saturated carbocycles. The first kappa shape index (κ1) is 12.1. The highest BCUT2D eigenvalue weighted by Gasteiger charge is 2.09. The Morgan fingerprint density at radius 1 is 1.35 bits per heavy atom. The van der Waals surface area contributed by atoms with Crippen LogP contribution in [-0.4, -0.2) is 44.3 Å². The van der Waals surface area contributed by atoms with Gasteiger partial charge in [0.25, 0.3) is 0 Å². The van der Waals surface area contributed by atoms with E-state index >= 15 is 0 Å². The molecule has 1 aromatic carbocycles. The first-order chi connectivity index (χ1) is 8.25. The number of anilines is 2. The number of rotatable bonds is 4. The standard InChI is InChI=1S/C12H18FN3O/c13-10-1-2-12(11(14)9-10)15-3-4-16-5-7-17-8-6-16/h1-2,9,15H,3-8,14H2. The largest absolute Gasteiger partial charge is 0.397 e. The summed E-state index contributed by atoms with van der Waals surface area (Å²) >= 11 is 0. The van der Waals surface area contributed by atoms with Crippen LogP contribution in [0.15, 0.2) is 18.2 Å². The molecule has 4 nitrogen and oxygen atoms in total. The first-order valence-corrected chi connectivity index (χ1v) is 5.85. The Labute approximate surface area is 101 Å². The van der Waals surface area contributed by atoms with Crippen LogP contribution in [0.2, 0.25) is 0 Å². The van der Waals surface area contributed by atoms with E-state index in [0.717, 1.165) is 45.1 Å². The molecule has 0 bridgehead atoms. The van der Waals surface area contributed by atoms with E-state index in [9.17, 15) is 4.39 Å². The minimum absolute atomic E-state index is 0.304. The van der Waals surface area contributed by atoms with Gasteiger partial charge < -0.3 is 15.8 Å². The van der Waals surface area contributed by atoms with Crippen molar-refractivity contribution in [1.29, 1.82) is 0 Å². The Morgan fingerprint density at radius 2 is 2.12 bits per heavy atom. The maximum Gasteiger partial charge on any atom is 0.125 e. The van der Waals surface area contributed by atoms with Crippen molar-refractivity contribution in [2.45, 2.75) is 0 Å². The van der Waals surface area contributed by atoms with E-state index in [0.29, 0.717) is 5.69 Å². The number of hydrogen-bond donors (Lipinski definition) is 2. The highest BCUT2D eigenvalue weighted by molar-refractivity contribution is 5.65. The summed E-state index contributed by atoms with van der Waals surface area (Å²) in [6.07, 6.45) is 0. The second-order valence-electron chi connectivity index (χ2n) is 4.11. The predicted molar refractivity (Wildman–Crippen MR) is 66.6 cm³/mol. The SMILES string of the molecule is Nc1cc(F)ccc1NCCN1CCOCC1. The lowest BCUT2D eigenvalue weighted by Crippen LogP contribution is -2.39. The van der Waals surface area contributed by atoms with Crippen molar-refractivity contribution < 1.29 is 9.13 Å². The van der Waals surface area contributed by atoms with Gasteiger partial charge in [-0.05, 0) is 18.2 Å². The maximum absolute atomic E-state index is 12.8. The molecule has 5 heteroatoms. The number of ether oxygens (including phenoxy) is 1. The van der Waals surface area contributed by atoms with Crippen molar-refractivity contribution in [3.05, 3.63) is 24.0 Å². The molecule has 1 heterocycles. The van der Waals surface area contributed by atoms with Gasteiger partial charge >= 0.3 is 0 Å². The summed E-state index contributed by atoms with van der Waals surface area (Å²) in [5, 5.41) is 3.21. The molecule has 0 aromatic heterocycles. The summed E-state index contributed by atoms with van der Waals surface area (Å²) in [7, 11) is 0. The summed E-state index contributed by atoms with van der Waals surface area (Å²) in [5.74, 6) is -0.304. The van der Waals surface area contributed by atoms with E-state index in [2.05, 4.69) is 10.2 Å². The third-order valence-electron chi connectivity index (χ3n) is 2.86. The smallest absolute Gasteiger partial charge is 0.125 e. The maximum atomic E-state index is 12.8. The Morgan fingerprint density at radius 3 is 2.82 bits per heavy atom. The van der Waals surface area contributed by atoms with Crippen molar-refractivity contribution in [3.63, 3.8) is 0 Å². The van der Waals surface area contributed by atoms with Crippen LogP contribution < -0.4 is 11.1 Å². The third kappa shape index (κ3) is 3.57. The molecular weight excluding hydrogens is 221 g/mol. The average molecular weight is 239 g/mol. The van der Waals surface area contributed by atoms with Gasteiger partial charge in [0.15, 0.2) is 0 Å². The van der Waals surface area contributed by atoms with Gasteiger partial charge in [-0.15, -0.1) is 0 Å². The summed E-state index contributed by atoms with van der Waals surface area (Å²) in [6, 6.07) is 4.41. The second kappa shape index (κ2) is 5.84. The van der Waals surface area contributed by atoms with Crippen LogP contribution in [0.25, 0.3) is 0 Å². The molecule has 0 unspecified atom stereocenters. The fraction of sp³-hybridized carbons (Fsp3) is 0.500. The molecular formula is C12H18FN3O. The van der Waals surface area contributed by atoms with Crippen LogP contribution in [0, 0.1) is 5.82 Å². The van der Waals surface area contributed by atoms with Gasteiger partial charge in [0, 0.05) is 26.2 Å². The second-order valence-corrected chi connectivity index (χ2v) is 4.11. The molecule has 1 saturated heterocycles. The minimum atomic E-state index is -0.304. The van der Waals surface area contributed by atoms with Crippen molar-refractivity contribution in [2.24, 2.45) is 0 Å². The molecule has 2 rings (SSSR count). The molecule has 0 aliphatic carbocycles. The number of morpholine rings is 1. The topological polar surface area (TPSA) is 50.5 Å². The minimum Gasteiger partial charge on any atom is -0.397 e. The normalized spacial score (nSPS) is 17.0. The molecule has 94 valence electrons. The molecule has 1 aliphatic heterocycles. The van der Waals surface area contributed by atoms with E-state index in [-0.39, 0.29) is 5.82 Å². The summed E-state index contributed by atoms with van der Waals surface area (Å²) in [4.78, 5) is 2.33. The Balaban J connectivity index is 1.77. The quantitative estimate of drug-likeness (QED) is 0.774. The number of nitrogens with one attached hydrogen (secondary N) is 1. The van der Waals surface area contributed by atoms with Crippen molar-refractivity contribution in [2.75, 3.05) is 50.4 Å². The van der Waals surface area contributed by atoms with Crippen LogP contribution in [0.1, 0.15) is 0 Å². The van der Waals surface area contributed by atoms with Crippen molar-refractivity contribution in [1.82, 2.24) is 4.90 Å². The first-order valence-electron chi connectivity index (χ1n) is 5.85. The van der Waals surface area contributed by atoms with Crippen LogP contribution in [-0.2, 0) is 4.74 Å². The van der Waals surface area contributed by atoms with Crippen LogP contribution in [0.5, 0.6) is 0 Å². The number of nitrogens with two attached hydrogens (primary N) is 1. The van der Waals surface area contributed by atoms with Gasteiger partial charge in [-0.3, -0.25) is 4.90 Å². The van der Waals surface area contributed by atoms with Crippen molar-refractivity contribution >= 4 is 11.4 Å². The molecule has 0 atom stereocenters. The zero-order valence-electron chi connectivity index (χ0n) is 9.79. The highest BCUT2D eigenvalue weighted by atomic mass is 19.1. The van der Waals surface area contributed by atoms with Gasteiger partial charge in [0.05, 0.1) is 24.6 Å². The van der Waals surface area contributed by atoms with Gasteiger partial charge in [-0.1, -0.05) is 0 Å². The summed E-state index contributed by atoms with van der Waals surface area (Å²) in [6.45, 7) is 5.30. The van der Waals surface area contributed by atoms with Crippen molar-refractivity contribution in [3.8, 4) is 0 Å². The molecule has 0 amide bonds. The van der Waals surface area contributed by atoms with Gasteiger partial charge in [0.1, 0.15) is 5.82 Å². The molecule has 0 spiro atoms. The Bertz CT molecular complexity index is 367. The number of benzene rings is 1. The lowest BCUT2D eigenvalue weighted by molar-refractivity contribution is 0.0398. The molecule has 1 aromatic rings. The molecule has 17 heavy (non-hydrogen) atoms. The van der Waals surface area contributed by atoms with Gasteiger partial charge in [-0.2, -0.15) is 0 Å². The average Bonchev–Trinajstić information content (AvgIpc) is 2.33. The van der Waals surface area contributed by atoms with E-state index in [1.807, 2.05) is 0 Å². The number of nitrogen functional groups attached to an aromatic ring is 1. The fourth-order valence-electron chi connectivity index (χ4n) is 1.87. The number of hydrogen-bond acceptors (Lipinski definition) is 4. The van der Waals surface area contributed by atoms with E-state index in [4.69, 9.17) is 10.5 Å². The van der Waals surface area contributed by atoms with E-state index < -0.39 is 0 Å². The lowest BCUT2D eigenvalue weighted by Gasteiger charge is -2.26. The number of nitrogens with zero attached hydrogens (tertiary/aromatic N) is 1. The fourth-order valence-corrected chi connectivity index (χ4v) is 1.87. The molecule has 1 aliphatic rings. The highest BCUT2D eigenvalue weighted by Crippen LogP contribution is 2.18. The molecule has 1 fully saturated rings. The van der Waals surface area contributed by atoms with E-state index in [1.54, 1.807) is 6.07 Å². The van der Waals surface area contributed by atoms with Crippen LogP contribution in [0.3, 0.4) is 0 Å². The van der Waals surface area contributed by atoms with Crippen LogP contribution in [0.4, 0.5) is 15.8 Å². The summed E-state index contributed by atoms with van der Waals surface area (Å²) in [5.41, 5.74) is 6.95. The zero-order valence-corrected chi connectivity index (χ0v) is 9.79. The van der Waals surface area contributed by atoms with E-state index in [1.165, 1.54) is 12.1 Å². The molecule has 0 radical (unpaired) electrons.